The lowest BCUT2D eigenvalue weighted by molar-refractivity contribution is -0.163. The van der Waals surface area contributed by atoms with Crippen molar-refractivity contribution >= 4 is 14.3 Å². The van der Waals surface area contributed by atoms with Crippen molar-refractivity contribution in [3.05, 3.63) is 0 Å². The summed E-state index contributed by atoms with van der Waals surface area (Å²) in [6.07, 6.45) is 0.0112. The fourth-order valence-corrected chi connectivity index (χ4v) is 3.27. The highest BCUT2D eigenvalue weighted by atomic mass is 28.4. The molecule has 0 aliphatic carbocycles. The highest BCUT2D eigenvalue weighted by Gasteiger charge is 2.44. The van der Waals surface area contributed by atoms with E-state index in [1.165, 1.54) is 0 Å². The summed E-state index contributed by atoms with van der Waals surface area (Å²) >= 11 is 0. The number of hydrogen-bond donors (Lipinski definition) is 0. The third-order valence-electron chi connectivity index (χ3n) is 4.15. The molecule has 0 spiro atoms. The second kappa shape index (κ2) is 4.73. The minimum atomic E-state index is -1.81. The third-order valence-corrected chi connectivity index (χ3v) is 8.62. The topological polar surface area (TPSA) is 35.5 Å². The Kier molecular flexibility index (Phi) is 4.09. The Morgan fingerprint density at radius 2 is 1.82 bits per heavy atom. The maximum atomic E-state index is 11.6. The summed E-state index contributed by atoms with van der Waals surface area (Å²) in [6.45, 7) is 15.6. The molecule has 1 heterocycles. The van der Waals surface area contributed by atoms with Crippen LogP contribution in [-0.4, -0.2) is 27.0 Å². The Morgan fingerprint density at radius 3 is 2.29 bits per heavy atom. The zero-order valence-corrected chi connectivity index (χ0v) is 13.2. The number of rotatable bonds is 2. The first-order valence-corrected chi connectivity index (χ1v) is 9.31. The van der Waals surface area contributed by atoms with Gasteiger partial charge in [0.25, 0.3) is 0 Å². The SMILES string of the molecule is C[C@@H]1C(=O)OC[C@H](C)[C@H]1O[Si](C)(C)C(C)(C)C. The molecule has 0 aromatic rings. The Labute approximate surface area is 106 Å². The number of hydrogen-bond acceptors (Lipinski definition) is 3. The largest absolute Gasteiger partial charge is 0.465 e. The number of ether oxygens (including phenoxy) is 1. The Balaban J connectivity index is 2.82. The Bertz CT molecular complexity index is 294. The molecule has 100 valence electrons. The quantitative estimate of drug-likeness (QED) is 0.563. The van der Waals surface area contributed by atoms with Crippen molar-refractivity contribution < 1.29 is 14.0 Å². The first kappa shape index (κ1) is 14.7. The molecule has 3 atom stereocenters. The van der Waals surface area contributed by atoms with Gasteiger partial charge in [-0.2, -0.15) is 0 Å². The summed E-state index contributed by atoms with van der Waals surface area (Å²) in [5.74, 6) is 0.0245. The lowest BCUT2D eigenvalue weighted by Gasteiger charge is -2.43. The van der Waals surface area contributed by atoms with Crippen LogP contribution in [0.2, 0.25) is 18.1 Å². The van der Waals surface area contributed by atoms with Gasteiger partial charge in [-0.1, -0.05) is 27.7 Å². The van der Waals surface area contributed by atoms with E-state index >= 15 is 0 Å². The first-order chi connectivity index (χ1) is 7.56. The number of carbonyl (C=O) groups is 1. The van der Waals surface area contributed by atoms with Gasteiger partial charge in [0.1, 0.15) is 0 Å². The van der Waals surface area contributed by atoms with Crippen LogP contribution in [0, 0.1) is 11.8 Å². The lowest BCUT2D eigenvalue weighted by Crippen LogP contribution is -2.51. The van der Waals surface area contributed by atoms with E-state index in [0.717, 1.165) is 0 Å². The van der Waals surface area contributed by atoms with Crippen molar-refractivity contribution in [3.63, 3.8) is 0 Å². The molecule has 0 unspecified atom stereocenters. The van der Waals surface area contributed by atoms with E-state index in [-0.39, 0.29) is 28.9 Å². The fourth-order valence-electron chi connectivity index (χ4n) is 1.80. The maximum Gasteiger partial charge on any atom is 0.311 e. The Hall–Kier alpha value is -0.353. The fraction of sp³-hybridized carbons (Fsp3) is 0.923. The number of cyclic esters (lactones) is 1. The molecular weight excluding hydrogens is 232 g/mol. The van der Waals surface area contributed by atoms with Gasteiger partial charge in [0.2, 0.25) is 0 Å². The highest BCUT2D eigenvalue weighted by Crippen LogP contribution is 2.39. The normalized spacial score (nSPS) is 31.2. The summed E-state index contributed by atoms with van der Waals surface area (Å²) in [4.78, 5) is 11.6. The molecule has 17 heavy (non-hydrogen) atoms. The monoisotopic (exact) mass is 258 g/mol. The smallest absolute Gasteiger partial charge is 0.311 e. The molecule has 0 radical (unpaired) electrons. The van der Waals surface area contributed by atoms with E-state index in [2.05, 4.69) is 40.8 Å². The molecule has 1 rings (SSSR count). The third kappa shape index (κ3) is 3.10. The predicted molar refractivity (Wildman–Crippen MR) is 71.4 cm³/mol. The van der Waals surface area contributed by atoms with E-state index in [1.54, 1.807) is 0 Å². The van der Waals surface area contributed by atoms with Gasteiger partial charge < -0.3 is 9.16 Å². The van der Waals surface area contributed by atoms with E-state index < -0.39 is 8.32 Å². The van der Waals surface area contributed by atoms with Gasteiger partial charge in [0.05, 0.1) is 18.6 Å². The van der Waals surface area contributed by atoms with Gasteiger partial charge in [-0.05, 0) is 25.1 Å². The van der Waals surface area contributed by atoms with Crippen LogP contribution in [-0.2, 0) is 14.0 Å². The average molecular weight is 258 g/mol. The van der Waals surface area contributed by atoms with Crippen LogP contribution < -0.4 is 0 Å². The van der Waals surface area contributed by atoms with Crippen molar-refractivity contribution in [2.45, 2.75) is 58.9 Å². The van der Waals surface area contributed by atoms with E-state index in [9.17, 15) is 4.79 Å². The zero-order valence-electron chi connectivity index (χ0n) is 12.2. The molecule has 1 fully saturated rings. The minimum Gasteiger partial charge on any atom is -0.465 e. The Morgan fingerprint density at radius 1 is 1.29 bits per heavy atom. The minimum absolute atomic E-state index is 0.0112. The molecular formula is C13H26O3Si. The van der Waals surface area contributed by atoms with Gasteiger partial charge in [-0.25, -0.2) is 0 Å². The van der Waals surface area contributed by atoms with Gasteiger partial charge in [-0.15, -0.1) is 0 Å². The van der Waals surface area contributed by atoms with Crippen LogP contribution in [0.3, 0.4) is 0 Å². The van der Waals surface area contributed by atoms with Crippen molar-refractivity contribution in [1.82, 2.24) is 0 Å². The molecule has 1 saturated heterocycles. The number of carbonyl (C=O) groups excluding carboxylic acids is 1. The van der Waals surface area contributed by atoms with Crippen molar-refractivity contribution in [2.24, 2.45) is 11.8 Å². The van der Waals surface area contributed by atoms with Crippen LogP contribution in [0.5, 0.6) is 0 Å². The van der Waals surface area contributed by atoms with Gasteiger partial charge in [0.15, 0.2) is 8.32 Å². The van der Waals surface area contributed by atoms with Gasteiger partial charge in [-0.3, -0.25) is 4.79 Å². The lowest BCUT2D eigenvalue weighted by atomic mass is 9.92. The highest BCUT2D eigenvalue weighted by molar-refractivity contribution is 6.74. The van der Waals surface area contributed by atoms with Crippen LogP contribution in [0.25, 0.3) is 0 Å². The molecule has 1 aliphatic rings. The summed E-state index contributed by atoms with van der Waals surface area (Å²) in [5, 5.41) is 0.174. The average Bonchev–Trinajstić information content (AvgIpc) is 2.17. The summed E-state index contributed by atoms with van der Waals surface area (Å²) < 4.78 is 11.5. The van der Waals surface area contributed by atoms with E-state index in [4.69, 9.17) is 9.16 Å². The summed E-state index contributed by atoms with van der Waals surface area (Å²) in [7, 11) is -1.81. The van der Waals surface area contributed by atoms with Crippen LogP contribution in [0.1, 0.15) is 34.6 Å². The number of esters is 1. The van der Waals surface area contributed by atoms with Crippen molar-refractivity contribution in [1.29, 1.82) is 0 Å². The predicted octanol–water partition coefficient (Wildman–Crippen LogP) is 3.21. The van der Waals surface area contributed by atoms with E-state index in [0.29, 0.717) is 6.61 Å². The molecule has 0 bridgehead atoms. The molecule has 0 aromatic carbocycles. The molecule has 3 nitrogen and oxygen atoms in total. The van der Waals surface area contributed by atoms with Gasteiger partial charge in [0, 0.05) is 5.92 Å². The first-order valence-electron chi connectivity index (χ1n) is 6.41. The van der Waals surface area contributed by atoms with Crippen LogP contribution >= 0.6 is 0 Å². The van der Waals surface area contributed by atoms with E-state index in [1.807, 2.05) is 6.92 Å². The second-order valence-electron chi connectivity index (χ2n) is 6.74. The molecule has 0 N–H and O–H groups in total. The zero-order chi connectivity index (χ0) is 13.4. The molecule has 0 amide bonds. The summed E-state index contributed by atoms with van der Waals surface area (Å²) in [6, 6.07) is 0. The molecule has 0 saturated carbocycles. The molecule has 1 aliphatic heterocycles. The molecule has 0 aromatic heterocycles. The van der Waals surface area contributed by atoms with Crippen molar-refractivity contribution in [3.8, 4) is 0 Å². The van der Waals surface area contributed by atoms with Gasteiger partial charge >= 0.3 is 5.97 Å². The van der Waals surface area contributed by atoms with Crippen molar-refractivity contribution in [2.75, 3.05) is 6.61 Å². The summed E-state index contributed by atoms with van der Waals surface area (Å²) in [5.41, 5.74) is 0. The van der Waals surface area contributed by atoms with Crippen LogP contribution in [0.4, 0.5) is 0 Å². The molecule has 4 heteroatoms. The second-order valence-corrected chi connectivity index (χ2v) is 11.5. The maximum absolute atomic E-state index is 11.6. The van der Waals surface area contributed by atoms with Crippen LogP contribution in [0.15, 0.2) is 0 Å². The standard InChI is InChI=1S/C13H26O3Si/c1-9-8-15-12(14)10(2)11(9)16-17(6,7)13(3,4)5/h9-11H,8H2,1-7H3/t9-,10-,11+/m0/s1.